The highest BCUT2D eigenvalue weighted by molar-refractivity contribution is 7.80. The Balaban J connectivity index is 2.94. The lowest BCUT2D eigenvalue weighted by molar-refractivity contribution is 1.47. The fraction of sp³-hybridized carbons (Fsp3) is 0. The molecule has 2 nitrogen and oxygen atoms in total. The first-order valence-corrected chi connectivity index (χ1v) is 4.99. The minimum atomic E-state index is 0.658. The van der Waals surface area contributed by atoms with Gasteiger partial charge in [-0.05, 0) is 12.1 Å². The van der Waals surface area contributed by atoms with Crippen LogP contribution in [0.1, 0.15) is 0 Å². The van der Waals surface area contributed by atoms with Crippen LogP contribution in [0.3, 0.4) is 0 Å². The van der Waals surface area contributed by atoms with E-state index in [0.29, 0.717) is 11.4 Å². The predicted octanol–water partition coefficient (Wildman–Crippen LogP) is 2.58. The molecule has 0 aliphatic heterocycles. The van der Waals surface area contributed by atoms with Gasteiger partial charge in [0, 0.05) is 20.6 Å². The Kier molecular flexibility index (Phi) is 2.25. The maximum atomic E-state index is 5.88. The summed E-state index contributed by atoms with van der Waals surface area (Å²) >= 11 is 8.50. The quantitative estimate of drug-likeness (QED) is 0.409. The molecule has 4 N–H and O–H groups in total. The second-order valence-electron chi connectivity index (χ2n) is 3.09. The lowest BCUT2D eigenvalue weighted by Gasteiger charge is -2.08. The summed E-state index contributed by atoms with van der Waals surface area (Å²) in [7, 11) is 0. The molecule has 0 unspecified atom stereocenters. The summed E-state index contributed by atoms with van der Waals surface area (Å²) in [5.74, 6) is 0. The fourth-order valence-corrected chi connectivity index (χ4v) is 1.82. The third-order valence-electron chi connectivity index (χ3n) is 2.24. The first kappa shape index (κ1) is 9.55. The molecule has 0 aliphatic rings. The molecule has 72 valence electrons. The summed E-state index contributed by atoms with van der Waals surface area (Å²) in [6.45, 7) is 0. The van der Waals surface area contributed by atoms with Gasteiger partial charge in [-0.1, -0.05) is 12.1 Å². The number of rotatable bonds is 0. The van der Waals surface area contributed by atoms with Crippen molar-refractivity contribution in [3.8, 4) is 0 Å². The molecule has 0 saturated carbocycles. The maximum absolute atomic E-state index is 5.88. The number of thiol groups is 2. The standard InChI is InChI=1S/C10H10N2S2/c11-9-5-1-3-7(13)10(12)6(5)2-4-8(9)14/h1-4,13-14H,11-12H2. The molecule has 0 saturated heterocycles. The predicted molar refractivity (Wildman–Crippen MR) is 67.3 cm³/mol. The Labute approximate surface area is 93.1 Å². The minimum Gasteiger partial charge on any atom is -0.397 e. The van der Waals surface area contributed by atoms with E-state index in [0.717, 1.165) is 20.6 Å². The summed E-state index contributed by atoms with van der Waals surface area (Å²) in [6.07, 6.45) is 0. The molecule has 0 fully saturated rings. The van der Waals surface area contributed by atoms with Gasteiger partial charge in [-0.15, -0.1) is 25.3 Å². The molecule has 4 heteroatoms. The SMILES string of the molecule is Nc1c(S)ccc2c(N)c(S)ccc12. The van der Waals surface area contributed by atoms with Crippen LogP contribution in [0, 0.1) is 0 Å². The lowest BCUT2D eigenvalue weighted by Crippen LogP contribution is -1.93. The van der Waals surface area contributed by atoms with E-state index in [-0.39, 0.29) is 0 Å². The normalized spacial score (nSPS) is 10.7. The summed E-state index contributed by atoms with van der Waals surface area (Å²) in [4.78, 5) is 1.53. The van der Waals surface area contributed by atoms with Crippen LogP contribution < -0.4 is 11.5 Å². The molecule has 0 radical (unpaired) electrons. The van der Waals surface area contributed by atoms with Crippen LogP contribution in [0.5, 0.6) is 0 Å². The average molecular weight is 222 g/mol. The van der Waals surface area contributed by atoms with Crippen molar-refractivity contribution < 1.29 is 0 Å². The number of anilines is 2. The van der Waals surface area contributed by atoms with E-state index < -0.39 is 0 Å². The van der Waals surface area contributed by atoms with Crippen molar-refractivity contribution in [2.75, 3.05) is 11.5 Å². The van der Waals surface area contributed by atoms with Gasteiger partial charge in [0.25, 0.3) is 0 Å². The number of hydrogen-bond donors (Lipinski definition) is 4. The lowest BCUT2D eigenvalue weighted by atomic mass is 10.1. The largest absolute Gasteiger partial charge is 0.397 e. The Hall–Kier alpha value is -1.00. The van der Waals surface area contributed by atoms with Gasteiger partial charge in [-0.3, -0.25) is 0 Å². The summed E-state index contributed by atoms with van der Waals surface area (Å²) < 4.78 is 0. The molecule has 0 aliphatic carbocycles. The highest BCUT2D eigenvalue weighted by Crippen LogP contribution is 2.33. The van der Waals surface area contributed by atoms with Crippen LogP contribution in [-0.4, -0.2) is 0 Å². The van der Waals surface area contributed by atoms with Crippen LogP contribution in [0.15, 0.2) is 34.1 Å². The molecule has 0 spiro atoms. The van der Waals surface area contributed by atoms with Gasteiger partial charge in [-0.25, -0.2) is 0 Å². The zero-order valence-corrected chi connectivity index (χ0v) is 9.15. The summed E-state index contributed by atoms with van der Waals surface area (Å²) in [5.41, 5.74) is 13.1. The Morgan fingerprint density at radius 3 is 1.43 bits per heavy atom. The summed E-state index contributed by atoms with van der Waals surface area (Å²) in [5, 5.41) is 1.85. The number of hydrogen-bond acceptors (Lipinski definition) is 4. The number of nitrogens with two attached hydrogens (primary N) is 2. The van der Waals surface area contributed by atoms with E-state index in [9.17, 15) is 0 Å². The molecular formula is C10H10N2S2. The molecule has 2 rings (SSSR count). The van der Waals surface area contributed by atoms with E-state index in [2.05, 4.69) is 25.3 Å². The van der Waals surface area contributed by atoms with E-state index in [1.54, 1.807) is 0 Å². The number of benzene rings is 2. The van der Waals surface area contributed by atoms with Crippen LogP contribution in [0.2, 0.25) is 0 Å². The van der Waals surface area contributed by atoms with Gasteiger partial charge in [0.2, 0.25) is 0 Å². The monoisotopic (exact) mass is 222 g/mol. The van der Waals surface area contributed by atoms with Crippen LogP contribution in [0.25, 0.3) is 10.8 Å². The van der Waals surface area contributed by atoms with Crippen LogP contribution >= 0.6 is 25.3 Å². The first-order valence-electron chi connectivity index (χ1n) is 4.10. The Morgan fingerprint density at radius 1 is 0.714 bits per heavy atom. The van der Waals surface area contributed by atoms with Crippen molar-refractivity contribution in [1.29, 1.82) is 0 Å². The number of fused-ring (bicyclic) bond motifs is 1. The van der Waals surface area contributed by atoms with E-state index in [1.165, 1.54) is 0 Å². The third kappa shape index (κ3) is 1.31. The fourth-order valence-electron chi connectivity index (χ4n) is 1.43. The van der Waals surface area contributed by atoms with Crippen molar-refractivity contribution in [3.05, 3.63) is 24.3 Å². The molecule has 0 bridgehead atoms. The summed E-state index contributed by atoms with van der Waals surface area (Å²) in [6, 6.07) is 7.49. The smallest absolute Gasteiger partial charge is 0.0530 e. The average Bonchev–Trinajstić information content (AvgIpc) is 2.17. The van der Waals surface area contributed by atoms with Crippen molar-refractivity contribution >= 4 is 47.4 Å². The molecule has 14 heavy (non-hydrogen) atoms. The highest BCUT2D eigenvalue weighted by atomic mass is 32.1. The van der Waals surface area contributed by atoms with Gasteiger partial charge in [0.05, 0.1) is 11.4 Å². The topological polar surface area (TPSA) is 52.0 Å². The molecule has 0 amide bonds. The van der Waals surface area contributed by atoms with Crippen molar-refractivity contribution in [2.24, 2.45) is 0 Å². The molecular weight excluding hydrogens is 212 g/mol. The molecule has 0 atom stereocenters. The Bertz CT molecular complexity index is 462. The van der Waals surface area contributed by atoms with Crippen LogP contribution in [0.4, 0.5) is 11.4 Å². The van der Waals surface area contributed by atoms with Crippen molar-refractivity contribution in [1.82, 2.24) is 0 Å². The van der Waals surface area contributed by atoms with Crippen molar-refractivity contribution in [2.45, 2.75) is 9.79 Å². The molecule has 0 heterocycles. The zero-order valence-electron chi connectivity index (χ0n) is 7.36. The second kappa shape index (κ2) is 3.29. The second-order valence-corrected chi connectivity index (χ2v) is 4.06. The van der Waals surface area contributed by atoms with Gasteiger partial charge in [-0.2, -0.15) is 0 Å². The van der Waals surface area contributed by atoms with Gasteiger partial charge < -0.3 is 11.5 Å². The van der Waals surface area contributed by atoms with Crippen LogP contribution in [-0.2, 0) is 0 Å². The third-order valence-corrected chi connectivity index (χ3v) is 3.02. The van der Waals surface area contributed by atoms with E-state index in [4.69, 9.17) is 11.5 Å². The van der Waals surface area contributed by atoms with E-state index in [1.807, 2.05) is 24.3 Å². The molecule has 0 aromatic heterocycles. The van der Waals surface area contributed by atoms with Gasteiger partial charge in [0.15, 0.2) is 0 Å². The first-order chi connectivity index (χ1) is 6.61. The molecule has 2 aromatic carbocycles. The van der Waals surface area contributed by atoms with Crippen molar-refractivity contribution in [3.63, 3.8) is 0 Å². The van der Waals surface area contributed by atoms with E-state index >= 15 is 0 Å². The molecule has 2 aromatic rings. The maximum Gasteiger partial charge on any atom is 0.0530 e. The van der Waals surface area contributed by atoms with Gasteiger partial charge >= 0.3 is 0 Å². The highest BCUT2D eigenvalue weighted by Gasteiger charge is 2.05. The number of nitrogen functional groups attached to an aromatic ring is 2. The Morgan fingerprint density at radius 2 is 1.07 bits per heavy atom. The van der Waals surface area contributed by atoms with Gasteiger partial charge in [0.1, 0.15) is 0 Å². The minimum absolute atomic E-state index is 0.658. The zero-order chi connectivity index (χ0) is 10.3.